The van der Waals surface area contributed by atoms with Crippen molar-refractivity contribution in [2.75, 3.05) is 20.8 Å². The number of nitro groups is 2. The second-order valence-electron chi connectivity index (χ2n) is 4.91. The zero-order chi connectivity index (χ0) is 19.0. The van der Waals surface area contributed by atoms with E-state index in [1.54, 1.807) is 0 Å². The first-order valence-corrected chi connectivity index (χ1v) is 7.00. The fraction of sp³-hybridized carbons (Fsp3) is 0.333. The number of rotatable bonds is 8. The zero-order valence-electron chi connectivity index (χ0n) is 13.5. The second kappa shape index (κ2) is 9.11. The van der Waals surface area contributed by atoms with Gasteiger partial charge in [0.25, 0.3) is 5.69 Å². The summed E-state index contributed by atoms with van der Waals surface area (Å²) in [7, 11) is 2.11. The molecule has 10 heteroatoms. The first-order chi connectivity index (χ1) is 11.8. The Bertz CT molecular complexity index is 667. The second-order valence-corrected chi connectivity index (χ2v) is 4.91. The van der Waals surface area contributed by atoms with Gasteiger partial charge in [0.05, 0.1) is 25.1 Å². The van der Waals surface area contributed by atoms with Crippen molar-refractivity contribution < 1.29 is 28.9 Å². The summed E-state index contributed by atoms with van der Waals surface area (Å²) in [6, 6.07) is 5.40. The molecule has 0 amide bonds. The molecule has 134 valence electrons. The molecule has 0 aliphatic heterocycles. The number of carbonyl (C=O) groups is 2. The van der Waals surface area contributed by atoms with Crippen LogP contribution in [0.1, 0.15) is 5.56 Å². The summed E-state index contributed by atoms with van der Waals surface area (Å²) >= 11 is 0. The van der Waals surface area contributed by atoms with Crippen molar-refractivity contribution in [2.45, 2.75) is 0 Å². The Kier molecular flexibility index (Phi) is 7.19. The Labute approximate surface area is 142 Å². The van der Waals surface area contributed by atoms with Crippen LogP contribution in [0.25, 0.3) is 6.08 Å². The van der Waals surface area contributed by atoms with Crippen LogP contribution in [-0.2, 0) is 19.1 Å². The van der Waals surface area contributed by atoms with E-state index in [0.717, 1.165) is 14.2 Å². The number of hydrogen-bond donors (Lipinski definition) is 0. The van der Waals surface area contributed by atoms with Gasteiger partial charge in [-0.25, -0.2) is 0 Å². The van der Waals surface area contributed by atoms with Crippen LogP contribution in [0.5, 0.6) is 0 Å². The Hall–Kier alpha value is -3.30. The van der Waals surface area contributed by atoms with Gasteiger partial charge in [0.2, 0.25) is 6.54 Å². The number of non-ortho nitro benzene ring substituents is 1. The van der Waals surface area contributed by atoms with E-state index in [9.17, 15) is 29.8 Å². The molecule has 25 heavy (non-hydrogen) atoms. The van der Waals surface area contributed by atoms with Crippen LogP contribution >= 0.6 is 0 Å². The zero-order valence-corrected chi connectivity index (χ0v) is 13.5. The molecule has 1 aromatic carbocycles. The minimum absolute atomic E-state index is 0.110. The van der Waals surface area contributed by atoms with E-state index in [1.165, 1.54) is 36.4 Å². The van der Waals surface area contributed by atoms with Crippen molar-refractivity contribution in [3.05, 3.63) is 56.1 Å². The standard InChI is InChI=1S/C15H16N2O8/c1-24-14(18)13(15(19)25-2)11(9-16(20)21)6-3-10-4-7-12(8-5-10)17(22)23/h3-8,11,13H,9H2,1-2H3/b6-3+/t11-/m1/s1. The monoisotopic (exact) mass is 352 g/mol. The van der Waals surface area contributed by atoms with E-state index in [0.29, 0.717) is 5.56 Å². The number of hydrogen-bond acceptors (Lipinski definition) is 8. The molecule has 0 heterocycles. The Morgan fingerprint density at radius 3 is 2.00 bits per heavy atom. The quantitative estimate of drug-likeness (QED) is 0.296. The van der Waals surface area contributed by atoms with Gasteiger partial charge in [0, 0.05) is 17.1 Å². The van der Waals surface area contributed by atoms with Crippen LogP contribution in [0.4, 0.5) is 5.69 Å². The predicted octanol–water partition coefficient (Wildman–Crippen LogP) is 1.46. The lowest BCUT2D eigenvalue weighted by Gasteiger charge is -2.17. The molecule has 1 rings (SSSR count). The molecule has 0 saturated heterocycles. The molecule has 0 bridgehead atoms. The summed E-state index contributed by atoms with van der Waals surface area (Å²) in [5.74, 6) is -4.50. The van der Waals surface area contributed by atoms with Gasteiger partial charge >= 0.3 is 11.9 Å². The van der Waals surface area contributed by atoms with Gasteiger partial charge in [-0.05, 0) is 17.7 Å². The van der Waals surface area contributed by atoms with Gasteiger partial charge in [0.15, 0.2) is 5.92 Å². The Morgan fingerprint density at radius 2 is 1.60 bits per heavy atom. The number of ether oxygens (including phenoxy) is 2. The van der Waals surface area contributed by atoms with Crippen molar-refractivity contribution in [1.82, 2.24) is 0 Å². The van der Waals surface area contributed by atoms with Crippen molar-refractivity contribution in [3.63, 3.8) is 0 Å². The number of esters is 2. The van der Waals surface area contributed by atoms with Crippen molar-refractivity contribution in [2.24, 2.45) is 11.8 Å². The van der Waals surface area contributed by atoms with Crippen molar-refractivity contribution >= 4 is 23.7 Å². The van der Waals surface area contributed by atoms with Gasteiger partial charge < -0.3 is 9.47 Å². The molecule has 0 radical (unpaired) electrons. The average molecular weight is 352 g/mol. The van der Waals surface area contributed by atoms with E-state index in [4.69, 9.17) is 0 Å². The first kappa shape index (κ1) is 19.7. The van der Waals surface area contributed by atoms with Gasteiger partial charge in [-0.3, -0.25) is 29.8 Å². The van der Waals surface area contributed by atoms with Gasteiger partial charge in [-0.2, -0.15) is 0 Å². The number of methoxy groups -OCH3 is 2. The molecule has 0 spiro atoms. The highest BCUT2D eigenvalue weighted by Crippen LogP contribution is 2.20. The highest BCUT2D eigenvalue weighted by atomic mass is 16.6. The number of benzene rings is 1. The van der Waals surface area contributed by atoms with Crippen LogP contribution in [0.15, 0.2) is 30.3 Å². The summed E-state index contributed by atoms with van der Waals surface area (Å²) in [4.78, 5) is 43.9. The predicted molar refractivity (Wildman–Crippen MR) is 85.0 cm³/mol. The summed E-state index contributed by atoms with van der Waals surface area (Å²) in [6.07, 6.45) is 2.74. The maximum atomic E-state index is 11.8. The van der Waals surface area contributed by atoms with Gasteiger partial charge in [-0.15, -0.1) is 0 Å². The number of carbonyl (C=O) groups excluding carboxylic acids is 2. The Balaban J connectivity index is 3.11. The van der Waals surface area contributed by atoms with E-state index in [-0.39, 0.29) is 5.69 Å². The fourth-order valence-electron chi connectivity index (χ4n) is 2.09. The molecular formula is C15H16N2O8. The third-order valence-corrected chi connectivity index (χ3v) is 3.34. The first-order valence-electron chi connectivity index (χ1n) is 7.00. The third-order valence-electron chi connectivity index (χ3n) is 3.34. The minimum atomic E-state index is -1.49. The van der Waals surface area contributed by atoms with Crippen molar-refractivity contribution in [3.8, 4) is 0 Å². The molecule has 1 aromatic rings. The smallest absolute Gasteiger partial charge is 0.320 e. The van der Waals surface area contributed by atoms with Gasteiger partial charge in [-0.1, -0.05) is 12.2 Å². The van der Waals surface area contributed by atoms with Crippen LogP contribution < -0.4 is 0 Å². The lowest BCUT2D eigenvalue weighted by atomic mass is 9.91. The molecule has 1 atom stereocenters. The van der Waals surface area contributed by atoms with Crippen molar-refractivity contribution in [1.29, 1.82) is 0 Å². The normalized spacial score (nSPS) is 12.0. The van der Waals surface area contributed by atoms with Crippen LogP contribution in [0, 0.1) is 32.1 Å². The molecule has 0 fully saturated rings. The topological polar surface area (TPSA) is 139 Å². The highest BCUT2D eigenvalue weighted by Gasteiger charge is 2.38. The van der Waals surface area contributed by atoms with E-state index in [1.807, 2.05) is 0 Å². The molecule has 0 saturated carbocycles. The molecule has 0 N–H and O–H groups in total. The SMILES string of the molecule is COC(=O)C(C(=O)OC)[C@H](/C=C/c1ccc([N+](=O)[O-])cc1)C[N+](=O)[O-]. The summed E-state index contributed by atoms with van der Waals surface area (Å²) < 4.78 is 9.04. The summed E-state index contributed by atoms with van der Waals surface area (Å²) in [5.41, 5.74) is 0.397. The average Bonchev–Trinajstić information content (AvgIpc) is 2.59. The van der Waals surface area contributed by atoms with E-state index >= 15 is 0 Å². The van der Waals surface area contributed by atoms with Gasteiger partial charge in [0.1, 0.15) is 0 Å². The molecule has 0 aliphatic rings. The maximum absolute atomic E-state index is 11.8. The molecule has 10 nitrogen and oxygen atoms in total. The van der Waals surface area contributed by atoms with Crippen LogP contribution in [-0.4, -0.2) is 42.5 Å². The molecular weight excluding hydrogens is 336 g/mol. The molecule has 0 aromatic heterocycles. The summed E-state index contributed by atoms with van der Waals surface area (Å²) in [6.45, 7) is -0.696. The largest absolute Gasteiger partial charge is 0.468 e. The lowest BCUT2D eigenvalue weighted by molar-refractivity contribution is -0.486. The number of nitrogens with zero attached hydrogens (tertiary/aromatic N) is 2. The lowest BCUT2D eigenvalue weighted by Crippen LogP contribution is -2.35. The van der Waals surface area contributed by atoms with Crippen LogP contribution in [0.3, 0.4) is 0 Å². The van der Waals surface area contributed by atoms with Crippen LogP contribution in [0.2, 0.25) is 0 Å². The minimum Gasteiger partial charge on any atom is -0.468 e. The Morgan fingerprint density at radius 1 is 1.08 bits per heavy atom. The third kappa shape index (κ3) is 5.68. The fourth-order valence-corrected chi connectivity index (χ4v) is 2.09. The highest BCUT2D eigenvalue weighted by molar-refractivity contribution is 5.95. The van der Waals surface area contributed by atoms with E-state index in [2.05, 4.69) is 9.47 Å². The number of nitro benzene ring substituents is 1. The summed E-state index contributed by atoms with van der Waals surface area (Å²) in [5, 5.41) is 21.5. The molecule has 0 unspecified atom stereocenters. The van der Waals surface area contributed by atoms with E-state index < -0.39 is 40.2 Å². The maximum Gasteiger partial charge on any atom is 0.320 e. The molecule has 0 aliphatic carbocycles.